The van der Waals surface area contributed by atoms with Crippen LogP contribution in [0.4, 0.5) is 5.69 Å². The molecule has 4 heteroatoms. The molecule has 0 bridgehead atoms. The van der Waals surface area contributed by atoms with E-state index in [0.717, 1.165) is 24.1 Å². The number of rotatable bonds is 3. The van der Waals surface area contributed by atoms with Gasteiger partial charge in [0.1, 0.15) is 0 Å². The lowest BCUT2D eigenvalue weighted by atomic mass is 9.81. The average Bonchev–Trinajstić information content (AvgIpc) is 2.39. The van der Waals surface area contributed by atoms with Gasteiger partial charge in [-0.15, -0.1) is 0 Å². The first-order valence-corrected chi connectivity index (χ1v) is 6.66. The number of hydrogen-bond donors (Lipinski definition) is 2. The lowest BCUT2D eigenvalue weighted by molar-refractivity contribution is -0.143. The smallest absolute Gasteiger partial charge is 0.306 e. The van der Waals surface area contributed by atoms with E-state index in [1.807, 2.05) is 31.2 Å². The second kappa shape index (κ2) is 5.87. The van der Waals surface area contributed by atoms with Gasteiger partial charge in [-0.3, -0.25) is 9.59 Å². The lowest BCUT2D eigenvalue weighted by Crippen LogP contribution is -2.30. The van der Waals surface area contributed by atoms with Crippen LogP contribution in [0.2, 0.25) is 0 Å². The van der Waals surface area contributed by atoms with Gasteiger partial charge in [0, 0.05) is 11.6 Å². The highest BCUT2D eigenvalue weighted by molar-refractivity contribution is 5.93. The number of benzene rings is 1. The molecule has 1 amide bonds. The Balaban J connectivity index is 1.98. The van der Waals surface area contributed by atoms with E-state index >= 15 is 0 Å². The zero-order chi connectivity index (χ0) is 13.8. The molecule has 2 N–H and O–H groups in total. The van der Waals surface area contributed by atoms with Crippen LogP contribution in [0.3, 0.4) is 0 Å². The van der Waals surface area contributed by atoms with Crippen LogP contribution in [0.25, 0.3) is 0 Å². The first-order chi connectivity index (χ1) is 9.06. The van der Waals surface area contributed by atoms with Crippen LogP contribution in [0.1, 0.15) is 31.2 Å². The summed E-state index contributed by atoms with van der Waals surface area (Å²) in [5.74, 6) is -1.40. The molecule has 1 fully saturated rings. The standard InChI is InChI=1S/C15H19NO3/c1-10-4-2-7-13(8-10)16-14(17)11-5-3-6-12(9-11)15(18)19/h2,4,7-8,11-12H,3,5-6,9H2,1H3,(H,16,17)(H,18,19). The minimum absolute atomic E-state index is 0.0587. The van der Waals surface area contributed by atoms with Gasteiger partial charge in [-0.25, -0.2) is 0 Å². The first-order valence-electron chi connectivity index (χ1n) is 6.66. The maximum absolute atomic E-state index is 12.1. The maximum atomic E-state index is 12.1. The molecule has 19 heavy (non-hydrogen) atoms. The summed E-state index contributed by atoms with van der Waals surface area (Å²) < 4.78 is 0. The van der Waals surface area contributed by atoms with Crippen molar-refractivity contribution in [2.45, 2.75) is 32.6 Å². The molecule has 0 heterocycles. The van der Waals surface area contributed by atoms with Gasteiger partial charge in [0.15, 0.2) is 0 Å². The molecule has 0 aromatic heterocycles. The Morgan fingerprint density at radius 3 is 2.68 bits per heavy atom. The Morgan fingerprint density at radius 2 is 2.00 bits per heavy atom. The summed E-state index contributed by atoms with van der Waals surface area (Å²) in [4.78, 5) is 23.1. The van der Waals surface area contributed by atoms with Crippen LogP contribution in [-0.2, 0) is 9.59 Å². The van der Waals surface area contributed by atoms with Crippen LogP contribution in [0, 0.1) is 18.8 Å². The van der Waals surface area contributed by atoms with Gasteiger partial charge in [0.2, 0.25) is 5.91 Å². The van der Waals surface area contributed by atoms with E-state index in [1.54, 1.807) is 0 Å². The van der Waals surface area contributed by atoms with Crippen molar-refractivity contribution in [1.29, 1.82) is 0 Å². The fourth-order valence-electron chi connectivity index (χ4n) is 2.62. The monoisotopic (exact) mass is 261 g/mol. The van der Waals surface area contributed by atoms with Crippen molar-refractivity contribution in [2.75, 3.05) is 5.32 Å². The van der Waals surface area contributed by atoms with Crippen molar-refractivity contribution < 1.29 is 14.7 Å². The van der Waals surface area contributed by atoms with Crippen LogP contribution in [-0.4, -0.2) is 17.0 Å². The van der Waals surface area contributed by atoms with E-state index < -0.39 is 5.97 Å². The van der Waals surface area contributed by atoms with E-state index in [-0.39, 0.29) is 17.7 Å². The molecule has 0 spiro atoms. The minimum Gasteiger partial charge on any atom is -0.481 e. The Morgan fingerprint density at radius 1 is 1.26 bits per heavy atom. The van der Waals surface area contributed by atoms with E-state index in [4.69, 9.17) is 5.11 Å². The molecule has 1 aliphatic carbocycles. The van der Waals surface area contributed by atoms with Gasteiger partial charge >= 0.3 is 5.97 Å². The van der Waals surface area contributed by atoms with Crippen LogP contribution < -0.4 is 5.32 Å². The molecule has 0 radical (unpaired) electrons. The average molecular weight is 261 g/mol. The summed E-state index contributed by atoms with van der Waals surface area (Å²) in [7, 11) is 0. The highest BCUT2D eigenvalue weighted by Crippen LogP contribution is 2.30. The van der Waals surface area contributed by atoms with Crippen molar-refractivity contribution in [1.82, 2.24) is 0 Å². The number of amides is 1. The Hall–Kier alpha value is -1.84. The Labute approximate surface area is 112 Å². The first kappa shape index (κ1) is 13.6. The number of anilines is 1. The van der Waals surface area contributed by atoms with Gasteiger partial charge in [0.25, 0.3) is 0 Å². The maximum Gasteiger partial charge on any atom is 0.306 e. The summed E-state index contributed by atoms with van der Waals surface area (Å²) in [5, 5.41) is 11.9. The second-order valence-electron chi connectivity index (χ2n) is 5.26. The lowest BCUT2D eigenvalue weighted by Gasteiger charge is -2.25. The third-order valence-electron chi connectivity index (χ3n) is 3.68. The zero-order valence-corrected chi connectivity index (χ0v) is 11.1. The molecule has 4 nitrogen and oxygen atoms in total. The summed E-state index contributed by atoms with van der Waals surface area (Å²) >= 11 is 0. The van der Waals surface area contributed by atoms with Gasteiger partial charge < -0.3 is 10.4 Å². The van der Waals surface area contributed by atoms with Crippen LogP contribution >= 0.6 is 0 Å². The predicted molar refractivity (Wildman–Crippen MR) is 72.9 cm³/mol. The summed E-state index contributed by atoms with van der Waals surface area (Å²) in [6.45, 7) is 1.97. The largest absolute Gasteiger partial charge is 0.481 e. The SMILES string of the molecule is Cc1cccc(NC(=O)C2CCCC(C(=O)O)C2)c1. The molecule has 2 rings (SSSR count). The number of aryl methyl sites for hydroxylation is 1. The Kier molecular flexibility index (Phi) is 4.20. The number of nitrogens with one attached hydrogen (secondary N) is 1. The van der Waals surface area contributed by atoms with Crippen molar-refractivity contribution in [3.63, 3.8) is 0 Å². The van der Waals surface area contributed by atoms with Crippen molar-refractivity contribution >= 4 is 17.6 Å². The quantitative estimate of drug-likeness (QED) is 0.879. The van der Waals surface area contributed by atoms with Gasteiger partial charge in [-0.05, 0) is 43.9 Å². The second-order valence-corrected chi connectivity index (χ2v) is 5.26. The van der Waals surface area contributed by atoms with E-state index in [0.29, 0.717) is 12.8 Å². The molecule has 1 aliphatic rings. The number of carbonyl (C=O) groups excluding carboxylic acids is 1. The zero-order valence-electron chi connectivity index (χ0n) is 11.1. The number of hydrogen-bond acceptors (Lipinski definition) is 2. The van der Waals surface area contributed by atoms with E-state index in [9.17, 15) is 9.59 Å². The minimum atomic E-state index is -0.784. The molecule has 1 aromatic rings. The van der Waals surface area contributed by atoms with Crippen LogP contribution in [0.15, 0.2) is 24.3 Å². The van der Waals surface area contributed by atoms with Crippen molar-refractivity contribution in [2.24, 2.45) is 11.8 Å². The molecular formula is C15H19NO3. The summed E-state index contributed by atoms with van der Waals surface area (Å²) in [6, 6.07) is 7.63. The molecular weight excluding hydrogens is 242 g/mol. The molecule has 2 atom stereocenters. The number of aliphatic carboxylic acids is 1. The molecule has 0 saturated heterocycles. The van der Waals surface area contributed by atoms with Gasteiger partial charge in [0.05, 0.1) is 5.92 Å². The van der Waals surface area contributed by atoms with Crippen molar-refractivity contribution in [3.8, 4) is 0 Å². The summed E-state index contributed by atoms with van der Waals surface area (Å²) in [6.07, 6.45) is 2.72. The molecule has 2 unspecified atom stereocenters. The molecule has 102 valence electrons. The topological polar surface area (TPSA) is 66.4 Å². The van der Waals surface area contributed by atoms with Crippen molar-refractivity contribution in [3.05, 3.63) is 29.8 Å². The van der Waals surface area contributed by atoms with E-state index in [1.165, 1.54) is 0 Å². The molecule has 1 saturated carbocycles. The van der Waals surface area contributed by atoms with Gasteiger partial charge in [-0.1, -0.05) is 18.6 Å². The highest BCUT2D eigenvalue weighted by atomic mass is 16.4. The fourth-order valence-corrected chi connectivity index (χ4v) is 2.62. The van der Waals surface area contributed by atoms with Crippen LogP contribution in [0.5, 0.6) is 0 Å². The number of carboxylic acid groups (broad SMARTS) is 1. The van der Waals surface area contributed by atoms with Gasteiger partial charge in [-0.2, -0.15) is 0 Å². The fraction of sp³-hybridized carbons (Fsp3) is 0.467. The Bertz CT molecular complexity index is 484. The summed E-state index contributed by atoms with van der Waals surface area (Å²) in [5.41, 5.74) is 1.87. The number of carboxylic acids is 1. The molecule has 1 aromatic carbocycles. The highest BCUT2D eigenvalue weighted by Gasteiger charge is 2.30. The van der Waals surface area contributed by atoms with E-state index in [2.05, 4.69) is 5.32 Å². The molecule has 0 aliphatic heterocycles. The normalized spacial score (nSPS) is 22.8. The third-order valence-corrected chi connectivity index (χ3v) is 3.68. The predicted octanol–water partition coefficient (Wildman–Crippen LogP) is 2.82. The number of carbonyl (C=O) groups is 2. The third kappa shape index (κ3) is 3.56.